The number of nitrogens with one attached hydrogen (secondary N) is 1. The van der Waals surface area contributed by atoms with Crippen molar-refractivity contribution < 1.29 is 9.18 Å². The Balaban J connectivity index is 1.41. The number of anilines is 2. The molecule has 1 saturated carbocycles. The van der Waals surface area contributed by atoms with Crippen LogP contribution < -0.4 is 10.2 Å². The first-order chi connectivity index (χ1) is 17.0. The summed E-state index contributed by atoms with van der Waals surface area (Å²) in [6.07, 6.45) is 3.27. The number of fused-ring (bicyclic) bond motifs is 1. The molecule has 1 aromatic heterocycles. The van der Waals surface area contributed by atoms with Crippen LogP contribution in [0, 0.1) is 5.82 Å². The number of benzene rings is 3. The number of hydrogen-bond donors (Lipinski definition) is 1. The summed E-state index contributed by atoms with van der Waals surface area (Å²) in [7, 11) is 0. The number of hydrogen-bond acceptors (Lipinski definition) is 4. The lowest BCUT2D eigenvalue weighted by molar-refractivity contribution is -0.116. The molecule has 0 radical (unpaired) electrons. The first-order valence-electron chi connectivity index (χ1n) is 11.9. The number of aromatic nitrogens is 2. The third-order valence-electron chi connectivity index (χ3n) is 6.15. The van der Waals surface area contributed by atoms with E-state index in [1.54, 1.807) is 12.1 Å². The van der Waals surface area contributed by atoms with Gasteiger partial charge in [-0.3, -0.25) is 4.79 Å². The normalized spacial score (nSPS) is 13.1. The molecular weight excluding hydrogens is 463 g/mol. The zero-order valence-corrected chi connectivity index (χ0v) is 20.0. The zero-order chi connectivity index (χ0) is 24.2. The molecule has 1 aliphatic rings. The fourth-order valence-corrected chi connectivity index (χ4v) is 4.26. The summed E-state index contributed by atoms with van der Waals surface area (Å²) in [4.78, 5) is 24.6. The molecule has 0 saturated heterocycles. The molecule has 35 heavy (non-hydrogen) atoms. The van der Waals surface area contributed by atoms with Crippen LogP contribution in [0.2, 0.25) is 5.02 Å². The van der Waals surface area contributed by atoms with Gasteiger partial charge in [0, 0.05) is 41.5 Å². The molecule has 0 bridgehead atoms. The molecule has 0 spiro atoms. The third kappa shape index (κ3) is 5.95. The molecule has 1 fully saturated rings. The maximum absolute atomic E-state index is 13.2. The van der Waals surface area contributed by atoms with Crippen LogP contribution in [-0.2, 0) is 11.2 Å². The van der Waals surface area contributed by atoms with E-state index < -0.39 is 0 Å². The second kappa shape index (κ2) is 10.4. The molecular formula is C28H26ClFN4O. The standard InChI is InChI=1S/C28H26ClFN4O/c29-21-8-13-24-25(18-21)32-27(20-6-7-20)33-28(24)34(16-14-19-4-2-1-3-5-19)17-15-26(35)31-23-11-9-22(30)10-12-23/h1-5,8-13,18,20H,6-7,14-17H2,(H,31,35). The molecule has 0 atom stereocenters. The second-order valence-corrected chi connectivity index (χ2v) is 9.31. The van der Waals surface area contributed by atoms with Gasteiger partial charge in [0.15, 0.2) is 0 Å². The summed E-state index contributed by atoms with van der Waals surface area (Å²) >= 11 is 6.28. The Morgan fingerprint density at radius 3 is 2.51 bits per heavy atom. The summed E-state index contributed by atoms with van der Waals surface area (Å²) in [5.74, 6) is 1.59. The van der Waals surface area contributed by atoms with Crippen LogP contribution in [0.4, 0.5) is 15.9 Å². The van der Waals surface area contributed by atoms with Crippen LogP contribution in [0.15, 0.2) is 72.8 Å². The van der Waals surface area contributed by atoms with Crippen LogP contribution in [0.5, 0.6) is 0 Å². The van der Waals surface area contributed by atoms with E-state index in [0.717, 1.165) is 41.8 Å². The molecule has 0 aliphatic heterocycles. The van der Waals surface area contributed by atoms with Gasteiger partial charge in [0.2, 0.25) is 5.91 Å². The van der Waals surface area contributed by atoms with E-state index in [1.165, 1.54) is 17.7 Å². The average molecular weight is 489 g/mol. The minimum Gasteiger partial charge on any atom is -0.355 e. The number of carbonyl (C=O) groups is 1. The molecule has 178 valence electrons. The van der Waals surface area contributed by atoms with Crippen molar-refractivity contribution in [1.82, 2.24) is 9.97 Å². The quantitative estimate of drug-likeness (QED) is 0.297. The lowest BCUT2D eigenvalue weighted by Crippen LogP contribution is -2.31. The van der Waals surface area contributed by atoms with Crippen molar-refractivity contribution in [2.45, 2.75) is 31.6 Å². The summed E-state index contributed by atoms with van der Waals surface area (Å²) in [5.41, 5.74) is 2.62. The van der Waals surface area contributed by atoms with Gasteiger partial charge >= 0.3 is 0 Å². The van der Waals surface area contributed by atoms with Gasteiger partial charge in [-0.05, 0) is 67.3 Å². The molecule has 1 heterocycles. The van der Waals surface area contributed by atoms with Gasteiger partial charge in [-0.1, -0.05) is 41.9 Å². The largest absolute Gasteiger partial charge is 0.355 e. The number of rotatable bonds is 9. The Morgan fingerprint density at radius 1 is 1.00 bits per heavy atom. The van der Waals surface area contributed by atoms with Crippen molar-refractivity contribution >= 4 is 39.9 Å². The zero-order valence-electron chi connectivity index (χ0n) is 19.3. The number of halogens is 2. The van der Waals surface area contributed by atoms with E-state index in [2.05, 4.69) is 22.3 Å². The molecule has 1 aliphatic carbocycles. The molecule has 4 aromatic rings. The van der Waals surface area contributed by atoms with E-state index in [9.17, 15) is 9.18 Å². The molecule has 0 unspecified atom stereocenters. The summed E-state index contributed by atoms with van der Waals surface area (Å²) in [5, 5.41) is 4.41. The van der Waals surface area contributed by atoms with E-state index in [0.29, 0.717) is 29.7 Å². The highest BCUT2D eigenvalue weighted by atomic mass is 35.5. The SMILES string of the molecule is O=C(CCN(CCc1ccccc1)c1nc(C2CC2)nc2cc(Cl)ccc12)Nc1ccc(F)cc1. The summed E-state index contributed by atoms with van der Waals surface area (Å²) in [6, 6.07) is 21.7. The molecule has 7 heteroatoms. The van der Waals surface area contributed by atoms with Gasteiger partial charge in [0.05, 0.1) is 5.52 Å². The van der Waals surface area contributed by atoms with Crippen molar-refractivity contribution in [2.75, 3.05) is 23.3 Å². The Morgan fingerprint density at radius 2 is 1.77 bits per heavy atom. The van der Waals surface area contributed by atoms with Crippen LogP contribution in [-0.4, -0.2) is 29.0 Å². The van der Waals surface area contributed by atoms with Crippen LogP contribution >= 0.6 is 11.6 Å². The lowest BCUT2D eigenvalue weighted by Gasteiger charge is -2.25. The molecule has 3 aromatic carbocycles. The van der Waals surface area contributed by atoms with Crippen molar-refractivity contribution in [3.8, 4) is 0 Å². The van der Waals surface area contributed by atoms with Crippen LogP contribution in [0.25, 0.3) is 10.9 Å². The Bertz CT molecular complexity index is 1330. The first-order valence-corrected chi connectivity index (χ1v) is 12.2. The Labute approximate surface area is 209 Å². The van der Waals surface area contributed by atoms with Crippen molar-refractivity contribution in [3.63, 3.8) is 0 Å². The third-order valence-corrected chi connectivity index (χ3v) is 6.38. The topological polar surface area (TPSA) is 58.1 Å². The monoisotopic (exact) mass is 488 g/mol. The van der Waals surface area contributed by atoms with Gasteiger partial charge < -0.3 is 10.2 Å². The summed E-state index contributed by atoms with van der Waals surface area (Å²) in [6.45, 7) is 1.19. The highest BCUT2D eigenvalue weighted by Crippen LogP contribution is 2.40. The lowest BCUT2D eigenvalue weighted by atomic mass is 10.1. The number of nitrogens with zero attached hydrogens (tertiary/aromatic N) is 3. The summed E-state index contributed by atoms with van der Waals surface area (Å²) < 4.78 is 13.2. The van der Waals surface area contributed by atoms with E-state index in [4.69, 9.17) is 21.6 Å². The fourth-order valence-electron chi connectivity index (χ4n) is 4.09. The highest BCUT2D eigenvalue weighted by molar-refractivity contribution is 6.31. The van der Waals surface area contributed by atoms with Crippen LogP contribution in [0.3, 0.4) is 0 Å². The van der Waals surface area contributed by atoms with Crippen molar-refractivity contribution in [3.05, 3.63) is 95.0 Å². The average Bonchev–Trinajstić information content (AvgIpc) is 3.71. The Hall–Kier alpha value is -3.51. The smallest absolute Gasteiger partial charge is 0.226 e. The first kappa shape index (κ1) is 23.2. The van der Waals surface area contributed by atoms with Crippen molar-refractivity contribution in [1.29, 1.82) is 0 Å². The predicted octanol–water partition coefficient (Wildman–Crippen LogP) is 6.38. The fraction of sp³-hybridized carbons (Fsp3) is 0.250. The van der Waals surface area contributed by atoms with Gasteiger partial charge in [-0.15, -0.1) is 0 Å². The molecule has 5 rings (SSSR count). The van der Waals surface area contributed by atoms with Crippen molar-refractivity contribution in [2.24, 2.45) is 0 Å². The van der Waals surface area contributed by atoms with E-state index in [1.807, 2.05) is 36.4 Å². The molecule has 1 amide bonds. The van der Waals surface area contributed by atoms with Gasteiger partial charge in [-0.25, -0.2) is 14.4 Å². The molecule has 1 N–H and O–H groups in total. The number of carbonyl (C=O) groups excluding carboxylic acids is 1. The maximum atomic E-state index is 13.2. The minimum atomic E-state index is -0.336. The van der Waals surface area contributed by atoms with Crippen LogP contribution in [0.1, 0.15) is 36.6 Å². The highest BCUT2D eigenvalue weighted by Gasteiger charge is 2.28. The maximum Gasteiger partial charge on any atom is 0.226 e. The second-order valence-electron chi connectivity index (χ2n) is 8.87. The number of amides is 1. The Kier molecular flexibility index (Phi) is 6.91. The minimum absolute atomic E-state index is 0.134. The molecule has 5 nitrogen and oxygen atoms in total. The van der Waals surface area contributed by atoms with Gasteiger partial charge in [-0.2, -0.15) is 0 Å². The predicted molar refractivity (Wildman–Crippen MR) is 139 cm³/mol. The van der Waals surface area contributed by atoms with E-state index >= 15 is 0 Å². The van der Waals surface area contributed by atoms with E-state index in [-0.39, 0.29) is 18.1 Å². The van der Waals surface area contributed by atoms with Gasteiger partial charge in [0.1, 0.15) is 17.5 Å². The van der Waals surface area contributed by atoms with Gasteiger partial charge in [0.25, 0.3) is 0 Å².